The van der Waals surface area contributed by atoms with E-state index in [1.807, 2.05) is 68.4 Å². The lowest BCUT2D eigenvalue weighted by molar-refractivity contribution is -0.119. The number of anilines is 1. The van der Waals surface area contributed by atoms with Gasteiger partial charge in [0.2, 0.25) is 5.91 Å². The molecule has 4 aromatic carbocycles. The minimum atomic E-state index is -3.93. The van der Waals surface area contributed by atoms with Gasteiger partial charge in [0.15, 0.2) is 0 Å². The number of fused-ring (bicyclic) bond motifs is 1. The van der Waals surface area contributed by atoms with Crippen molar-refractivity contribution in [3.8, 4) is 5.75 Å². The van der Waals surface area contributed by atoms with E-state index >= 15 is 0 Å². The van der Waals surface area contributed by atoms with Crippen molar-refractivity contribution in [2.45, 2.75) is 18.7 Å². The van der Waals surface area contributed by atoms with Crippen LogP contribution in [0.5, 0.6) is 5.75 Å². The van der Waals surface area contributed by atoms with Crippen molar-refractivity contribution in [1.82, 2.24) is 5.32 Å². The maximum absolute atomic E-state index is 13.4. The van der Waals surface area contributed by atoms with Gasteiger partial charge >= 0.3 is 0 Å². The average Bonchev–Trinajstić information content (AvgIpc) is 2.86. The normalized spacial score (nSPS) is 11.3. The van der Waals surface area contributed by atoms with E-state index in [0.717, 1.165) is 26.2 Å². The third-order valence-corrected chi connectivity index (χ3v) is 7.42. The molecule has 4 aromatic rings. The summed E-state index contributed by atoms with van der Waals surface area (Å²) >= 11 is 0. The summed E-state index contributed by atoms with van der Waals surface area (Å²) in [5.41, 5.74) is 2.38. The first kappa shape index (κ1) is 24.3. The van der Waals surface area contributed by atoms with Gasteiger partial charge in [0, 0.05) is 0 Å². The summed E-state index contributed by atoms with van der Waals surface area (Å²) in [5, 5.41) is 4.96. The molecule has 0 spiro atoms. The molecule has 35 heavy (non-hydrogen) atoms. The third-order valence-electron chi connectivity index (χ3n) is 5.63. The standard InChI is InChI=1S/C28H28N2O4S/c1-21-7-12-25(13-8-21)30(35(32,33)27-15-9-22(2)10-16-27)20-28(31)29-17-18-34-26-14-11-23-5-3-4-6-24(23)19-26/h3-16,19H,17-18,20H2,1-2H3,(H,29,31). The molecular weight excluding hydrogens is 460 g/mol. The number of rotatable bonds is 9. The lowest BCUT2D eigenvalue weighted by atomic mass is 10.1. The second-order valence-corrected chi connectivity index (χ2v) is 10.2. The molecule has 0 aromatic heterocycles. The molecule has 4 rings (SSSR count). The number of carbonyl (C=O) groups excluding carboxylic acids is 1. The van der Waals surface area contributed by atoms with Crippen LogP contribution in [0.2, 0.25) is 0 Å². The Hall–Kier alpha value is -3.84. The molecule has 0 aliphatic heterocycles. The van der Waals surface area contributed by atoms with Gasteiger partial charge in [0.05, 0.1) is 17.1 Å². The Kier molecular flexibility index (Phi) is 7.36. The van der Waals surface area contributed by atoms with E-state index in [1.165, 1.54) is 0 Å². The highest BCUT2D eigenvalue weighted by atomic mass is 32.2. The number of sulfonamides is 1. The molecule has 0 aliphatic rings. The van der Waals surface area contributed by atoms with Crippen molar-refractivity contribution in [1.29, 1.82) is 0 Å². The van der Waals surface area contributed by atoms with Gasteiger partial charge < -0.3 is 10.1 Å². The molecule has 0 radical (unpaired) electrons. The monoisotopic (exact) mass is 488 g/mol. The maximum Gasteiger partial charge on any atom is 0.264 e. The third kappa shape index (κ3) is 6.00. The van der Waals surface area contributed by atoms with Crippen LogP contribution in [0, 0.1) is 13.8 Å². The average molecular weight is 489 g/mol. The zero-order chi connectivity index (χ0) is 24.8. The lowest BCUT2D eigenvalue weighted by Gasteiger charge is -2.24. The number of nitrogens with one attached hydrogen (secondary N) is 1. The van der Waals surface area contributed by atoms with Crippen molar-refractivity contribution in [3.05, 3.63) is 102 Å². The number of amides is 1. The SMILES string of the molecule is Cc1ccc(N(CC(=O)NCCOc2ccc3ccccc3c2)S(=O)(=O)c2ccc(C)cc2)cc1. The quantitative estimate of drug-likeness (QED) is 0.342. The van der Waals surface area contributed by atoms with E-state index in [0.29, 0.717) is 11.4 Å². The molecule has 0 unspecified atom stereocenters. The highest BCUT2D eigenvalue weighted by Gasteiger charge is 2.27. The molecule has 0 heterocycles. The van der Waals surface area contributed by atoms with Crippen LogP contribution in [-0.2, 0) is 14.8 Å². The van der Waals surface area contributed by atoms with E-state index in [9.17, 15) is 13.2 Å². The van der Waals surface area contributed by atoms with Crippen molar-refractivity contribution >= 4 is 32.4 Å². The fourth-order valence-electron chi connectivity index (χ4n) is 3.67. The molecule has 0 bridgehead atoms. The number of benzene rings is 4. The molecule has 0 saturated heterocycles. The van der Waals surface area contributed by atoms with Gasteiger partial charge in [-0.25, -0.2) is 8.42 Å². The fraction of sp³-hybridized carbons (Fsp3) is 0.179. The number of ether oxygens (including phenoxy) is 1. The Morgan fingerprint density at radius 2 is 1.46 bits per heavy atom. The summed E-state index contributed by atoms with van der Waals surface area (Å²) in [6.07, 6.45) is 0. The van der Waals surface area contributed by atoms with Crippen LogP contribution in [0.4, 0.5) is 5.69 Å². The smallest absolute Gasteiger partial charge is 0.264 e. The van der Waals surface area contributed by atoms with Gasteiger partial charge in [-0.2, -0.15) is 0 Å². The Labute approximate surface area is 206 Å². The molecule has 7 heteroatoms. The van der Waals surface area contributed by atoms with Crippen LogP contribution in [-0.4, -0.2) is 34.0 Å². The highest BCUT2D eigenvalue weighted by Crippen LogP contribution is 2.24. The second kappa shape index (κ2) is 10.6. The van der Waals surface area contributed by atoms with E-state index in [2.05, 4.69) is 5.32 Å². The molecule has 180 valence electrons. The van der Waals surface area contributed by atoms with Gasteiger partial charge in [0.1, 0.15) is 18.9 Å². The van der Waals surface area contributed by atoms with Crippen molar-refractivity contribution in [2.75, 3.05) is 24.0 Å². The van der Waals surface area contributed by atoms with Crippen LogP contribution in [0.3, 0.4) is 0 Å². The van der Waals surface area contributed by atoms with E-state index in [1.54, 1.807) is 36.4 Å². The minimum absolute atomic E-state index is 0.135. The molecule has 0 fully saturated rings. The van der Waals surface area contributed by atoms with E-state index < -0.39 is 15.9 Å². The zero-order valence-corrected chi connectivity index (χ0v) is 20.6. The summed E-state index contributed by atoms with van der Waals surface area (Å²) in [6.45, 7) is 3.99. The number of hydrogen-bond acceptors (Lipinski definition) is 4. The van der Waals surface area contributed by atoms with Crippen LogP contribution >= 0.6 is 0 Å². The molecular formula is C28H28N2O4S. The topological polar surface area (TPSA) is 75.7 Å². The van der Waals surface area contributed by atoms with Crippen molar-refractivity contribution in [2.24, 2.45) is 0 Å². The lowest BCUT2D eigenvalue weighted by Crippen LogP contribution is -2.41. The Morgan fingerprint density at radius 3 is 2.14 bits per heavy atom. The largest absolute Gasteiger partial charge is 0.492 e. The summed E-state index contributed by atoms with van der Waals surface area (Å²) in [5.74, 6) is 0.296. The highest BCUT2D eigenvalue weighted by molar-refractivity contribution is 7.92. The Balaban J connectivity index is 1.42. The van der Waals surface area contributed by atoms with Crippen LogP contribution in [0.15, 0.2) is 95.9 Å². The molecule has 0 saturated carbocycles. The summed E-state index contributed by atoms with van der Waals surface area (Å²) in [4.78, 5) is 12.9. The zero-order valence-electron chi connectivity index (χ0n) is 19.8. The van der Waals surface area contributed by atoms with Gasteiger partial charge in [-0.3, -0.25) is 9.10 Å². The van der Waals surface area contributed by atoms with Crippen LogP contribution in [0.1, 0.15) is 11.1 Å². The van der Waals surface area contributed by atoms with Gasteiger partial charge in [-0.15, -0.1) is 0 Å². The minimum Gasteiger partial charge on any atom is -0.492 e. The van der Waals surface area contributed by atoms with Crippen LogP contribution in [0.25, 0.3) is 10.8 Å². The second-order valence-electron chi connectivity index (χ2n) is 8.37. The Bertz CT molecular complexity index is 1420. The number of hydrogen-bond donors (Lipinski definition) is 1. The molecule has 0 atom stereocenters. The summed E-state index contributed by atoms with van der Waals surface area (Å²) in [6, 6.07) is 27.5. The number of aryl methyl sites for hydroxylation is 2. The Morgan fingerprint density at radius 1 is 0.829 bits per heavy atom. The predicted molar refractivity (Wildman–Crippen MR) is 139 cm³/mol. The van der Waals surface area contributed by atoms with Crippen molar-refractivity contribution in [3.63, 3.8) is 0 Å². The predicted octanol–water partition coefficient (Wildman–Crippen LogP) is 4.85. The number of nitrogens with zero attached hydrogens (tertiary/aromatic N) is 1. The van der Waals surface area contributed by atoms with Crippen LogP contribution < -0.4 is 14.4 Å². The molecule has 1 N–H and O–H groups in total. The first-order chi connectivity index (χ1) is 16.8. The summed E-state index contributed by atoms with van der Waals surface area (Å²) < 4.78 is 33.7. The first-order valence-electron chi connectivity index (χ1n) is 11.4. The van der Waals surface area contributed by atoms with Crippen molar-refractivity contribution < 1.29 is 17.9 Å². The molecule has 6 nitrogen and oxygen atoms in total. The number of carbonyl (C=O) groups is 1. The maximum atomic E-state index is 13.4. The molecule has 0 aliphatic carbocycles. The first-order valence-corrected chi connectivity index (χ1v) is 12.8. The van der Waals surface area contributed by atoms with E-state index in [4.69, 9.17) is 4.74 Å². The van der Waals surface area contributed by atoms with Gasteiger partial charge in [-0.05, 0) is 61.0 Å². The fourth-order valence-corrected chi connectivity index (χ4v) is 5.09. The van der Waals surface area contributed by atoms with E-state index in [-0.39, 0.29) is 24.6 Å². The van der Waals surface area contributed by atoms with Gasteiger partial charge in [0.25, 0.3) is 10.0 Å². The summed E-state index contributed by atoms with van der Waals surface area (Å²) in [7, 11) is -3.93. The molecule has 1 amide bonds. The van der Waals surface area contributed by atoms with Gasteiger partial charge in [-0.1, -0.05) is 65.7 Å².